The lowest BCUT2D eigenvalue weighted by Crippen LogP contribution is -2.30. The summed E-state index contributed by atoms with van der Waals surface area (Å²) >= 11 is 0. The first kappa shape index (κ1) is 15.9. The molecule has 0 aromatic heterocycles. The minimum absolute atomic E-state index is 0.207. The minimum atomic E-state index is -1.08. The summed E-state index contributed by atoms with van der Waals surface area (Å²) in [6.45, 7) is 5.06. The van der Waals surface area contributed by atoms with Gasteiger partial charge in [-0.15, -0.1) is 6.58 Å². The Morgan fingerprint density at radius 1 is 1.33 bits per heavy atom. The predicted octanol–water partition coefficient (Wildman–Crippen LogP) is 2.43. The maximum atomic E-state index is 12.2. The first-order valence-corrected chi connectivity index (χ1v) is 7.34. The van der Waals surface area contributed by atoms with E-state index < -0.39 is 6.10 Å². The summed E-state index contributed by atoms with van der Waals surface area (Å²) in [4.78, 5) is 12.2. The lowest BCUT2D eigenvalue weighted by atomic mass is 9.90. The van der Waals surface area contributed by atoms with E-state index in [1.807, 2.05) is 30.3 Å². The van der Waals surface area contributed by atoms with Crippen LogP contribution >= 0.6 is 0 Å². The Balaban J connectivity index is 1.89. The lowest BCUT2D eigenvalue weighted by molar-refractivity contribution is -0.182. The number of aliphatic hydroxyl groups is 1. The van der Waals surface area contributed by atoms with Crippen LogP contribution in [0.15, 0.2) is 43.0 Å². The zero-order chi connectivity index (χ0) is 15.1. The number of benzene rings is 1. The zero-order valence-corrected chi connectivity index (χ0v) is 12.1. The summed E-state index contributed by atoms with van der Waals surface area (Å²) in [5, 5.41) is 10.3. The van der Waals surface area contributed by atoms with Gasteiger partial charge in [-0.3, -0.25) is 4.79 Å². The van der Waals surface area contributed by atoms with E-state index in [2.05, 4.69) is 6.58 Å². The van der Waals surface area contributed by atoms with Gasteiger partial charge in [-0.2, -0.15) is 0 Å². The standard InChI is InChI=1S/C17H22O4/c1-2-14(13-7-4-3-5-8-13)17(19)15(18)9-10-16-20-11-6-12-21-16/h2-5,7-8,14,16-17,19H,1,6,9-12H2/t14-,17-/m1/s1. The molecule has 0 unspecified atom stereocenters. The molecule has 1 N–H and O–H groups in total. The number of Topliss-reactive ketones (excluding diaryl/α,β-unsaturated/α-hetero) is 1. The highest BCUT2D eigenvalue weighted by molar-refractivity contribution is 5.84. The van der Waals surface area contributed by atoms with E-state index in [0.29, 0.717) is 19.6 Å². The third kappa shape index (κ3) is 4.49. The number of carbonyl (C=O) groups is 1. The van der Waals surface area contributed by atoms with Crippen LogP contribution in [0.25, 0.3) is 0 Å². The quantitative estimate of drug-likeness (QED) is 0.784. The summed E-state index contributed by atoms with van der Waals surface area (Å²) in [5.74, 6) is -0.589. The molecule has 1 fully saturated rings. The molecule has 2 atom stereocenters. The van der Waals surface area contributed by atoms with Gasteiger partial charge in [-0.05, 0) is 12.0 Å². The molecule has 1 aliphatic rings. The number of ether oxygens (including phenoxy) is 2. The van der Waals surface area contributed by atoms with Crippen molar-refractivity contribution in [1.29, 1.82) is 0 Å². The van der Waals surface area contributed by atoms with E-state index in [1.54, 1.807) is 6.08 Å². The van der Waals surface area contributed by atoms with Gasteiger partial charge >= 0.3 is 0 Å². The Labute approximate surface area is 125 Å². The largest absolute Gasteiger partial charge is 0.384 e. The van der Waals surface area contributed by atoms with Crippen LogP contribution in [-0.4, -0.2) is 36.5 Å². The molecule has 1 aromatic rings. The Morgan fingerprint density at radius 3 is 2.62 bits per heavy atom. The van der Waals surface area contributed by atoms with Gasteiger partial charge in [-0.1, -0.05) is 36.4 Å². The summed E-state index contributed by atoms with van der Waals surface area (Å²) in [6.07, 6.45) is 1.82. The number of hydrogen-bond donors (Lipinski definition) is 1. The minimum Gasteiger partial charge on any atom is -0.384 e. The van der Waals surface area contributed by atoms with E-state index in [0.717, 1.165) is 12.0 Å². The molecule has 0 bridgehead atoms. The molecule has 1 aromatic carbocycles. The SMILES string of the molecule is C=C[C@H](c1ccccc1)[C@@H](O)C(=O)CCC1OCCCO1. The van der Waals surface area contributed by atoms with Crippen LogP contribution in [0.2, 0.25) is 0 Å². The molecule has 1 saturated heterocycles. The molecule has 4 nitrogen and oxygen atoms in total. The van der Waals surface area contributed by atoms with Gasteiger partial charge in [0.05, 0.1) is 13.2 Å². The molecule has 1 heterocycles. The van der Waals surface area contributed by atoms with Crippen molar-refractivity contribution in [2.75, 3.05) is 13.2 Å². The second-order valence-electron chi connectivity index (χ2n) is 5.15. The fourth-order valence-electron chi connectivity index (χ4n) is 2.43. The van der Waals surface area contributed by atoms with E-state index in [1.165, 1.54) is 0 Å². The first-order valence-electron chi connectivity index (χ1n) is 7.34. The molecule has 2 rings (SSSR count). The van der Waals surface area contributed by atoms with Crippen molar-refractivity contribution in [3.63, 3.8) is 0 Å². The molecular weight excluding hydrogens is 268 g/mol. The van der Waals surface area contributed by atoms with Gasteiger partial charge in [0.25, 0.3) is 0 Å². The molecule has 21 heavy (non-hydrogen) atoms. The normalized spacial score (nSPS) is 18.9. The number of aliphatic hydroxyl groups excluding tert-OH is 1. The first-order chi connectivity index (χ1) is 10.2. The van der Waals surface area contributed by atoms with Gasteiger partial charge in [0.15, 0.2) is 12.1 Å². The zero-order valence-electron chi connectivity index (χ0n) is 12.1. The smallest absolute Gasteiger partial charge is 0.162 e. The van der Waals surface area contributed by atoms with Crippen LogP contribution in [-0.2, 0) is 14.3 Å². The van der Waals surface area contributed by atoms with E-state index in [-0.39, 0.29) is 24.4 Å². The summed E-state index contributed by atoms with van der Waals surface area (Å²) in [6, 6.07) is 9.43. The van der Waals surface area contributed by atoms with Crippen molar-refractivity contribution in [2.24, 2.45) is 0 Å². The highest BCUT2D eigenvalue weighted by atomic mass is 16.7. The summed E-state index contributed by atoms with van der Waals surface area (Å²) < 4.78 is 10.8. The third-order valence-electron chi connectivity index (χ3n) is 3.63. The van der Waals surface area contributed by atoms with Gasteiger partial charge in [-0.25, -0.2) is 0 Å². The molecule has 1 aliphatic heterocycles. The molecule has 0 spiro atoms. The van der Waals surface area contributed by atoms with Crippen molar-refractivity contribution in [3.8, 4) is 0 Å². The monoisotopic (exact) mass is 290 g/mol. The number of rotatable bonds is 7. The van der Waals surface area contributed by atoms with Gasteiger partial charge in [0.1, 0.15) is 6.10 Å². The average Bonchev–Trinajstić information content (AvgIpc) is 2.55. The van der Waals surface area contributed by atoms with E-state index in [9.17, 15) is 9.90 Å². The maximum Gasteiger partial charge on any atom is 0.162 e. The molecule has 0 radical (unpaired) electrons. The predicted molar refractivity (Wildman–Crippen MR) is 79.9 cm³/mol. The van der Waals surface area contributed by atoms with Crippen molar-refractivity contribution in [3.05, 3.63) is 48.6 Å². The van der Waals surface area contributed by atoms with Gasteiger partial charge in [0, 0.05) is 18.8 Å². The topological polar surface area (TPSA) is 55.8 Å². The molecule has 0 saturated carbocycles. The fourth-order valence-corrected chi connectivity index (χ4v) is 2.43. The van der Waals surface area contributed by atoms with Crippen LogP contribution in [0.5, 0.6) is 0 Å². The molecule has 4 heteroatoms. The Bertz CT molecular complexity index is 451. The van der Waals surface area contributed by atoms with Gasteiger partial charge in [0.2, 0.25) is 0 Å². The Morgan fingerprint density at radius 2 is 2.00 bits per heavy atom. The number of ketones is 1. The fraction of sp³-hybridized carbons (Fsp3) is 0.471. The highest BCUT2D eigenvalue weighted by Crippen LogP contribution is 2.23. The van der Waals surface area contributed by atoms with Crippen molar-refractivity contribution in [2.45, 2.75) is 37.6 Å². The Kier molecular flexibility index (Phi) is 6.11. The number of hydrogen-bond acceptors (Lipinski definition) is 4. The lowest BCUT2D eigenvalue weighted by Gasteiger charge is -2.24. The van der Waals surface area contributed by atoms with Crippen LogP contribution in [0.4, 0.5) is 0 Å². The highest BCUT2D eigenvalue weighted by Gasteiger charge is 2.26. The number of carbonyl (C=O) groups excluding carboxylic acids is 1. The second-order valence-corrected chi connectivity index (χ2v) is 5.15. The van der Waals surface area contributed by atoms with Crippen LogP contribution in [0, 0.1) is 0 Å². The van der Waals surface area contributed by atoms with E-state index >= 15 is 0 Å². The maximum absolute atomic E-state index is 12.2. The van der Waals surface area contributed by atoms with Crippen LogP contribution < -0.4 is 0 Å². The molecule has 0 aliphatic carbocycles. The molecule has 0 amide bonds. The Hall–Kier alpha value is -1.49. The van der Waals surface area contributed by atoms with Crippen molar-refractivity contribution in [1.82, 2.24) is 0 Å². The molecular formula is C17H22O4. The van der Waals surface area contributed by atoms with Crippen molar-refractivity contribution < 1.29 is 19.4 Å². The molecule has 114 valence electrons. The van der Waals surface area contributed by atoms with E-state index in [4.69, 9.17) is 9.47 Å². The average molecular weight is 290 g/mol. The third-order valence-corrected chi connectivity index (χ3v) is 3.63. The van der Waals surface area contributed by atoms with Crippen molar-refractivity contribution >= 4 is 5.78 Å². The van der Waals surface area contributed by atoms with Gasteiger partial charge < -0.3 is 14.6 Å². The summed E-state index contributed by atoms with van der Waals surface area (Å²) in [7, 11) is 0. The van der Waals surface area contributed by atoms with Crippen LogP contribution in [0.3, 0.4) is 0 Å². The summed E-state index contributed by atoms with van der Waals surface area (Å²) in [5.41, 5.74) is 0.888. The van der Waals surface area contributed by atoms with Crippen LogP contribution in [0.1, 0.15) is 30.7 Å². The second kappa shape index (κ2) is 8.08.